The molecule has 0 radical (unpaired) electrons. The molecule has 0 aromatic rings. The van der Waals surface area contributed by atoms with E-state index in [0.29, 0.717) is 5.92 Å². The van der Waals surface area contributed by atoms with Gasteiger partial charge in [0.1, 0.15) is 0 Å². The zero-order valence-electron chi connectivity index (χ0n) is 12.7. The van der Waals surface area contributed by atoms with Crippen molar-refractivity contribution in [3.05, 3.63) is 84.1 Å². The molecule has 104 valence electrons. The smallest absolute Gasteiger partial charge is 0.0336 e. The highest BCUT2D eigenvalue weighted by molar-refractivity contribution is 5.56. The van der Waals surface area contributed by atoms with E-state index in [1.807, 2.05) is 12.2 Å². The van der Waals surface area contributed by atoms with Crippen molar-refractivity contribution in [3.8, 4) is 0 Å². The lowest BCUT2D eigenvalue weighted by molar-refractivity contribution is 0.622. The fourth-order valence-electron chi connectivity index (χ4n) is 3.47. The molecule has 0 aliphatic heterocycles. The Hall–Kier alpha value is -1.82. The lowest BCUT2D eigenvalue weighted by atomic mass is 9.70. The molecule has 0 saturated heterocycles. The Bertz CT molecular complexity index is 561. The fourth-order valence-corrected chi connectivity index (χ4v) is 3.47. The molecule has 2 unspecified atom stereocenters. The summed E-state index contributed by atoms with van der Waals surface area (Å²) in [6.07, 6.45) is 15.0. The van der Waals surface area contributed by atoms with Crippen molar-refractivity contribution in [2.24, 2.45) is 11.8 Å². The Labute approximate surface area is 123 Å². The topological polar surface area (TPSA) is 0 Å². The van der Waals surface area contributed by atoms with Gasteiger partial charge in [-0.25, -0.2) is 0 Å². The summed E-state index contributed by atoms with van der Waals surface area (Å²) in [4.78, 5) is 0. The number of fused-ring (bicyclic) bond motifs is 3. The fraction of sp³-hybridized carbons (Fsp3) is 0.300. The summed E-state index contributed by atoms with van der Waals surface area (Å²) in [5, 5.41) is 0. The largest absolute Gasteiger partial charge is 0.0988 e. The highest BCUT2D eigenvalue weighted by atomic mass is 14.4. The average molecular weight is 264 g/mol. The number of rotatable bonds is 3. The SMILES string of the molecule is C=CC1=C(C=C)C2C(=C)/C=C\CCC1C(C)=C2/C=C\C. The molecule has 0 aromatic heterocycles. The van der Waals surface area contributed by atoms with Gasteiger partial charge in [-0.3, -0.25) is 0 Å². The Morgan fingerprint density at radius 3 is 2.45 bits per heavy atom. The summed E-state index contributed by atoms with van der Waals surface area (Å²) >= 11 is 0. The zero-order chi connectivity index (χ0) is 14.7. The van der Waals surface area contributed by atoms with E-state index >= 15 is 0 Å². The normalized spacial score (nSPS) is 28.4. The van der Waals surface area contributed by atoms with Gasteiger partial charge in [-0.15, -0.1) is 0 Å². The van der Waals surface area contributed by atoms with Gasteiger partial charge in [0.2, 0.25) is 0 Å². The Morgan fingerprint density at radius 1 is 1.15 bits per heavy atom. The Morgan fingerprint density at radius 2 is 1.85 bits per heavy atom. The van der Waals surface area contributed by atoms with Crippen LogP contribution in [0.3, 0.4) is 0 Å². The van der Waals surface area contributed by atoms with E-state index in [4.69, 9.17) is 0 Å². The van der Waals surface area contributed by atoms with Crippen LogP contribution in [0.4, 0.5) is 0 Å². The number of hydrogen-bond acceptors (Lipinski definition) is 0. The van der Waals surface area contributed by atoms with Crippen LogP contribution >= 0.6 is 0 Å². The van der Waals surface area contributed by atoms with E-state index in [2.05, 4.69) is 57.9 Å². The predicted molar refractivity (Wildman–Crippen MR) is 89.4 cm³/mol. The van der Waals surface area contributed by atoms with Crippen LogP contribution < -0.4 is 0 Å². The van der Waals surface area contributed by atoms with Crippen LogP contribution in [0.5, 0.6) is 0 Å². The summed E-state index contributed by atoms with van der Waals surface area (Å²) in [7, 11) is 0. The molecule has 0 heterocycles. The van der Waals surface area contributed by atoms with Crippen LogP contribution in [0.15, 0.2) is 84.1 Å². The van der Waals surface area contributed by atoms with Crippen LogP contribution in [-0.4, -0.2) is 0 Å². The molecule has 0 nitrogen and oxygen atoms in total. The second-order valence-electron chi connectivity index (χ2n) is 5.50. The first-order chi connectivity index (χ1) is 9.65. The summed E-state index contributed by atoms with van der Waals surface area (Å²) in [6.45, 7) is 16.7. The van der Waals surface area contributed by atoms with Crippen LogP contribution in [0.25, 0.3) is 0 Å². The Balaban J connectivity index is 2.74. The molecular formula is C20H24. The first kappa shape index (κ1) is 14.6. The number of allylic oxidation sites excluding steroid dienone is 11. The van der Waals surface area contributed by atoms with Crippen molar-refractivity contribution < 1.29 is 0 Å². The first-order valence-corrected chi connectivity index (χ1v) is 7.33. The highest BCUT2D eigenvalue weighted by Gasteiger charge is 2.32. The number of hydrogen-bond donors (Lipinski definition) is 0. The summed E-state index contributed by atoms with van der Waals surface area (Å²) in [5.41, 5.74) is 6.60. The molecule has 2 atom stereocenters. The molecule has 0 aromatic carbocycles. The quantitative estimate of drug-likeness (QED) is 0.613. The molecule has 0 saturated carbocycles. The van der Waals surface area contributed by atoms with Gasteiger partial charge in [0.05, 0.1) is 0 Å². The molecular weight excluding hydrogens is 240 g/mol. The van der Waals surface area contributed by atoms with Crippen molar-refractivity contribution >= 4 is 0 Å². The van der Waals surface area contributed by atoms with Crippen molar-refractivity contribution in [1.82, 2.24) is 0 Å². The van der Waals surface area contributed by atoms with Crippen LogP contribution in [0.1, 0.15) is 26.7 Å². The van der Waals surface area contributed by atoms with Gasteiger partial charge in [0.15, 0.2) is 0 Å². The molecule has 3 aliphatic rings. The predicted octanol–water partition coefficient (Wildman–Crippen LogP) is 5.70. The lowest BCUT2D eigenvalue weighted by Gasteiger charge is -2.34. The van der Waals surface area contributed by atoms with Crippen LogP contribution in [0, 0.1) is 11.8 Å². The second-order valence-corrected chi connectivity index (χ2v) is 5.50. The lowest BCUT2D eigenvalue weighted by Crippen LogP contribution is -2.21. The van der Waals surface area contributed by atoms with E-state index in [9.17, 15) is 0 Å². The molecule has 3 rings (SSSR count). The maximum atomic E-state index is 4.30. The van der Waals surface area contributed by atoms with E-state index in [-0.39, 0.29) is 5.92 Å². The van der Waals surface area contributed by atoms with Crippen molar-refractivity contribution in [1.29, 1.82) is 0 Å². The van der Waals surface area contributed by atoms with Crippen molar-refractivity contribution in [3.63, 3.8) is 0 Å². The van der Waals surface area contributed by atoms with Crippen molar-refractivity contribution in [2.75, 3.05) is 0 Å². The molecule has 0 heteroatoms. The van der Waals surface area contributed by atoms with Gasteiger partial charge in [-0.05, 0) is 49.0 Å². The monoisotopic (exact) mass is 264 g/mol. The molecule has 3 aliphatic carbocycles. The van der Waals surface area contributed by atoms with E-state index in [0.717, 1.165) is 18.4 Å². The molecule has 0 fully saturated rings. The third-order valence-corrected chi connectivity index (χ3v) is 4.42. The van der Waals surface area contributed by atoms with Gasteiger partial charge >= 0.3 is 0 Å². The van der Waals surface area contributed by atoms with Gasteiger partial charge in [0.25, 0.3) is 0 Å². The minimum absolute atomic E-state index is 0.224. The third-order valence-electron chi connectivity index (χ3n) is 4.42. The maximum Gasteiger partial charge on any atom is 0.0336 e. The second kappa shape index (κ2) is 6.09. The summed E-state index contributed by atoms with van der Waals surface area (Å²) in [5.74, 6) is 0.681. The van der Waals surface area contributed by atoms with Gasteiger partial charge < -0.3 is 0 Å². The van der Waals surface area contributed by atoms with Gasteiger partial charge in [0, 0.05) is 11.8 Å². The zero-order valence-corrected chi connectivity index (χ0v) is 12.7. The van der Waals surface area contributed by atoms with Gasteiger partial charge in [-0.2, -0.15) is 0 Å². The molecule has 20 heavy (non-hydrogen) atoms. The standard InChI is InChI=1S/C20H24/c1-6-11-19-15(5)18-13-10-9-12-14(4)20(19)17(8-3)16(18)7-2/h6-9,11-12,18,20H,2-4,10,13H2,1,5H3/b11-6-,12-9-. The summed E-state index contributed by atoms with van der Waals surface area (Å²) < 4.78 is 0. The highest BCUT2D eigenvalue weighted by Crippen LogP contribution is 2.45. The third kappa shape index (κ3) is 2.31. The Kier molecular flexibility index (Phi) is 4.44. The molecule has 0 amide bonds. The minimum Gasteiger partial charge on any atom is -0.0988 e. The first-order valence-electron chi connectivity index (χ1n) is 7.33. The van der Waals surface area contributed by atoms with Gasteiger partial charge in [-0.1, -0.05) is 61.8 Å². The van der Waals surface area contributed by atoms with Crippen LogP contribution in [-0.2, 0) is 0 Å². The van der Waals surface area contributed by atoms with E-state index < -0.39 is 0 Å². The molecule has 2 bridgehead atoms. The van der Waals surface area contributed by atoms with Crippen molar-refractivity contribution in [2.45, 2.75) is 26.7 Å². The van der Waals surface area contributed by atoms with E-state index in [1.54, 1.807) is 0 Å². The molecule has 0 N–H and O–H groups in total. The molecule has 0 spiro atoms. The summed E-state index contributed by atoms with van der Waals surface area (Å²) in [6, 6.07) is 0. The van der Waals surface area contributed by atoms with Crippen LogP contribution in [0.2, 0.25) is 0 Å². The average Bonchev–Trinajstić information content (AvgIpc) is 2.54. The minimum atomic E-state index is 0.224. The maximum absolute atomic E-state index is 4.30. The van der Waals surface area contributed by atoms with E-state index in [1.165, 1.54) is 22.3 Å².